The van der Waals surface area contributed by atoms with Crippen molar-refractivity contribution in [1.29, 1.82) is 0 Å². The highest BCUT2D eigenvalue weighted by atomic mass is 79.9. The van der Waals surface area contributed by atoms with Crippen LogP contribution in [0.2, 0.25) is 0 Å². The predicted molar refractivity (Wildman–Crippen MR) is 64.0 cm³/mol. The van der Waals surface area contributed by atoms with E-state index in [2.05, 4.69) is 9.97 Å². The van der Waals surface area contributed by atoms with Crippen molar-refractivity contribution < 1.29 is 13.2 Å². The number of aromatic nitrogens is 2. The molecule has 7 heteroatoms. The largest absolute Gasteiger partial charge is 0.416 e. The second-order valence-electron chi connectivity index (χ2n) is 3.64. The molecule has 94 valence electrons. The van der Waals surface area contributed by atoms with Gasteiger partial charge in [-0.05, 0) is 25.1 Å². The summed E-state index contributed by atoms with van der Waals surface area (Å²) in [5, 5.41) is 0. The number of hydrogen-bond acceptors (Lipinski definition) is 2. The van der Waals surface area contributed by atoms with E-state index in [9.17, 15) is 13.2 Å². The van der Waals surface area contributed by atoms with E-state index in [1.807, 2.05) is 0 Å². The molecule has 0 aliphatic rings. The van der Waals surface area contributed by atoms with Crippen molar-refractivity contribution in [2.75, 3.05) is 0 Å². The van der Waals surface area contributed by atoms with Crippen molar-refractivity contribution in [3.8, 4) is 0 Å². The van der Waals surface area contributed by atoms with Gasteiger partial charge in [0.15, 0.2) is 0 Å². The van der Waals surface area contributed by atoms with Crippen molar-refractivity contribution in [2.45, 2.75) is 19.1 Å². The van der Waals surface area contributed by atoms with Gasteiger partial charge < -0.3 is 10.7 Å². The van der Waals surface area contributed by atoms with Crippen molar-refractivity contribution in [2.24, 2.45) is 5.73 Å². The summed E-state index contributed by atoms with van der Waals surface area (Å²) in [4.78, 5) is 6.86. The molecule has 1 atom stereocenters. The minimum absolute atomic E-state index is 0. The first-order chi connectivity index (χ1) is 7.38. The van der Waals surface area contributed by atoms with Crippen LogP contribution in [0.4, 0.5) is 13.2 Å². The van der Waals surface area contributed by atoms with Gasteiger partial charge >= 0.3 is 6.18 Å². The van der Waals surface area contributed by atoms with Gasteiger partial charge in [-0.2, -0.15) is 13.2 Å². The molecule has 0 fully saturated rings. The number of aromatic amines is 1. The number of hydrogen-bond donors (Lipinski definition) is 2. The van der Waals surface area contributed by atoms with Gasteiger partial charge in [-0.1, -0.05) is 0 Å². The third-order valence-electron chi connectivity index (χ3n) is 2.26. The van der Waals surface area contributed by atoms with E-state index in [1.165, 1.54) is 6.07 Å². The minimum Gasteiger partial charge on any atom is -0.341 e. The van der Waals surface area contributed by atoms with Crippen LogP contribution in [0.5, 0.6) is 0 Å². The third kappa shape index (κ3) is 2.78. The summed E-state index contributed by atoms with van der Waals surface area (Å²) < 4.78 is 37.3. The maximum atomic E-state index is 12.4. The maximum Gasteiger partial charge on any atom is 0.416 e. The number of nitrogens with two attached hydrogens (primary N) is 1. The number of halogens is 4. The van der Waals surface area contributed by atoms with Gasteiger partial charge in [0.25, 0.3) is 0 Å². The lowest BCUT2D eigenvalue weighted by Gasteiger charge is -2.05. The van der Waals surface area contributed by atoms with Crippen LogP contribution in [0.25, 0.3) is 11.0 Å². The molecule has 0 bridgehead atoms. The molecular weight excluding hydrogens is 299 g/mol. The zero-order chi connectivity index (χ0) is 11.9. The Hall–Kier alpha value is -1.08. The average molecular weight is 310 g/mol. The second-order valence-corrected chi connectivity index (χ2v) is 3.64. The Bertz CT molecular complexity index is 519. The van der Waals surface area contributed by atoms with Gasteiger partial charge in [0.2, 0.25) is 0 Å². The fraction of sp³-hybridized carbons (Fsp3) is 0.300. The lowest BCUT2D eigenvalue weighted by atomic mass is 10.2. The number of fused-ring (bicyclic) bond motifs is 1. The number of nitrogens with zero attached hydrogens (tertiary/aromatic N) is 1. The van der Waals surface area contributed by atoms with E-state index >= 15 is 0 Å². The first kappa shape index (κ1) is 14.0. The molecule has 0 amide bonds. The molecule has 0 saturated carbocycles. The van der Waals surface area contributed by atoms with E-state index in [1.54, 1.807) is 6.92 Å². The van der Waals surface area contributed by atoms with Crippen LogP contribution in [-0.2, 0) is 6.18 Å². The van der Waals surface area contributed by atoms with Gasteiger partial charge in [0.1, 0.15) is 5.82 Å². The molecule has 0 spiro atoms. The van der Waals surface area contributed by atoms with E-state index in [0.717, 1.165) is 12.1 Å². The number of rotatable bonds is 1. The molecule has 3 nitrogen and oxygen atoms in total. The summed E-state index contributed by atoms with van der Waals surface area (Å²) in [5.41, 5.74) is 5.73. The van der Waals surface area contributed by atoms with Crippen molar-refractivity contribution in [3.63, 3.8) is 0 Å². The zero-order valence-corrected chi connectivity index (χ0v) is 10.6. The molecule has 1 aromatic heterocycles. The Morgan fingerprint density at radius 3 is 2.53 bits per heavy atom. The molecule has 17 heavy (non-hydrogen) atoms. The highest BCUT2D eigenvalue weighted by Crippen LogP contribution is 2.31. The normalized spacial score (nSPS) is 13.5. The molecule has 1 aromatic carbocycles. The monoisotopic (exact) mass is 309 g/mol. The lowest BCUT2D eigenvalue weighted by Crippen LogP contribution is -2.06. The first-order valence-corrected chi connectivity index (χ1v) is 4.70. The Kier molecular flexibility index (Phi) is 3.83. The zero-order valence-electron chi connectivity index (χ0n) is 8.88. The quantitative estimate of drug-likeness (QED) is 0.850. The number of H-pyrrole nitrogens is 1. The summed E-state index contributed by atoms with van der Waals surface area (Å²) in [6.07, 6.45) is -4.34. The smallest absolute Gasteiger partial charge is 0.341 e. The topological polar surface area (TPSA) is 54.7 Å². The molecule has 1 unspecified atom stereocenters. The molecular formula is C10H11BrF3N3. The number of nitrogens with one attached hydrogen (secondary N) is 1. The van der Waals surface area contributed by atoms with Crippen LogP contribution < -0.4 is 5.73 Å². The van der Waals surface area contributed by atoms with E-state index in [0.29, 0.717) is 16.9 Å². The average Bonchev–Trinajstić information content (AvgIpc) is 2.58. The molecule has 2 aromatic rings. The third-order valence-corrected chi connectivity index (χ3v) is 2.26. The van der Waals surface area contributed by atoms with Gasteiger partial charge in [0.05, 0.1) is 22.6 Å². The van der Waals surface area contributed by atoms with Crippen LogP contribution in [0, 0.1) is 0 Å². The Morgan fingerprint density at radius 2 is 2.00 bits per heavy atom. The Labute approximate surface area is 106 Å². The van der Waals surface area contributed by atoms with Crippen LogP contribution in [0.1, 0.15) is 24.4 Å². The van der Waals surface area contributed by atoms with Gasteiger partial charge in [0, 0.05) is 0 Å². The van der Waals surface area contributed by atoms with E-state index < -0.39 is 11.7 Å². The highest BCUT2D eigenvalue weighted by Gasteiger charge is 2.30. The predicted octanol–water partition coefficient (Wildman–Crippen LogP) is 3.18. The molecule has 0 saturated heterocycles. The highest BCUT2D eigenvalue weighted by molar-refractivity contribution is 8.93. The number of alkyl halides is 3. The Morgan fingerprint density at radius 1 is 1.35 bits per heavy atom. The summed E-state index contributed by atoms with van der Waals surface area (Å²) in [7, 11) is 0. The summed E-state index contributed by atoms with van der Waals surface area (Å²) in [6.45, 7) is 1.71. The molecule has 3 N–H and O–H groups in total. The standard InChI is InChI=1S/C10H10F3N3.BrH/c1-5(14)9-15-7-3-2-6(10(11,12)13)4-8(7)16-9;/h2-5H,14H2,1H3,(H,15,16);1H. The van der Waals surface area contributed by atoms with Crippen LogP contribution >= 0.6 is 17.0 Å². The van der Waals surface area contributed by atoms with E-state index in [4.69, 9.17) is 5.73 Å². The van der Waals surface area contributed by atoms with Crippen molar-refractivity contribution in [1.82, 2.24) is 9.97 Å². The fourth-order valence-electron chi connectivity index (χ4n) is 1.42. The van der Waals surface area contributed by atoms with Crippen LogP contribution in [0.15, 0.2) is 18.2 Å². The summed E-state index contributed by atoms with van der Waals surface area (Å²) in [6, 6.07) is 3.05. The minimum atomic E-state index is -4.34. The SMILES string of the molecule is Br.CC(N)c1nc2ccc(C(F)(F)F)cc2[nH]1. The second kappa shape index (κ2) is 4.66. The molecule has 0 aliphatic heterocycles. The van der Waals surface area contributed by atoms with E-state index in [-0.39, 0.29) is 23.0 Å². The summed E-state index contributed by atoms with van der Waals surface area (Å²) >= 11 is 0. The van der Waals surface area contributed by atoms with Gasteiger partial charge in [-0.15, -0.1) is 17.0 Å². The molecule has 0 radical (unpaired) electrons. The summed E-state index contributed by atoms with van der Waals surface area (Å²) in [5.74, 6) is 0.481. The van der Waals surface area contributed by atoms with Crippen LogP contribution in [0.3, 0.4) is 0 Å². The van der Waals surface area contributed by atoms with Crippen LogP contribution in [-0.4, -0.2) is 9.97 Å². The van der Waals surface area contributed by atoms with Crippen molar-refractivity contribution >= 4 is 28.0 Å². The molecule has 0 aliphatic carbocycles. The molecule has 1 heterocycles. The molecule has 2 rings (SSSR count). The van der Waals surface area contributed by atoms with Crippen molar-refractivity contribution in [3.05, 3.63) is 29.6 Å². The maximum absolute atomic E-state index is 12.4. The number of imidazole rings is 1. The fourth-order valence-corrected chi connectivity index (χ4v) is 1.42. The van der Waals surface area contributed by atoms with Gasteiger partial charge in [-0.25, -0.2) is 4.98 Å². The first-order valence-electron chi connectivity index (χ1n) is 4.70. The lowest BCUT2D eigenvalue weighted by molar-refractivity contribution is -0.137. The Balaban J connectivity index is 0.00000144. The van der Waals surface area contributed by atoms with Gasteiger partial charge in [-0.3, -0.25) is 0 Å². The number of benzene rings is 1.